The van der Waals surface area contributed by atoms with Gasteiger partial charge in [-0.3, -0.25) is 4.79 Å². The molecule has 0 radical (unpaired) electrons. The molecule has 0 aliphatic rings. The minimum atomic E-state index is -2.52. The van der Waals surface area contributed by atoms with Crippen molar-refractivity contribution in [2.24, 2.45) is 0 Å². The number of halogens is 2. The van der Waals surface area contributed by atoms with E-state index in [0.29, 0.717) is 17.0 Å². The summed E-state index contributed by atoms with van der Waals surface area (Å²) in [6.45, 7) is 1.39. The Balaban J connectivity index is 2.44. The largest absolute Gasteiger partial charge is 0.493 e. The molecule has 23 heavy (non-hydrogen) atoms. The number of rotatable bonds is 7. The predicted molar refractivity (Wildman–Crippen MR) is 82.9 cm³/mol. The molecule has 0 aliphatic heterocycles. The van der Waals surface area contributed by atoms with Gasteiger partial charge in [0.15, 0.2) is 11.5 Å². The smallest absolute Gasteiger partial charge is 0.261 e. The van der Waals surface area contributed by atoms with E-state index in [2.05, 4.69) is 0 Å². The summed E-state index contributed by atoms with van der Waals surface area (Å²) in [5.41, 5.74) is 1.23. The highest BCUT2D eigenvalue weighted by atomic mass is 19.3. The molecule has 0 atom stereocenters. The van der Waals surface area contributed by atoms with Gasteiger partial charge in [0.2, 0.25) is 0 Å². The zero-order valence-corrected chi connectivity index (χ0v) is 13.3. The lowest BCUT2D eigenvalue weighted by molar-refractivity contribution is 0.0148. The van der Waals surface area contributed by atoms with E-state index in [4.69, 9.17) is 14.2 Å². The van der Waals surface area contributed by atoms with Crippen LogP contribution in [-0.4, -0.2) is 38.4 Å². The van der Waals surface area contributed by atoms with E-state index in [0.717, 1.165) is 10.9 Å². The maximum atomic E-state index is 12.2. The normalized spacial score (nSPS) is 11.2. The molecule has 0 saturated heterocycles. The summed E-state index contributed by atoms with van der Waals surface area (Å²) in [6, 6.07) is 5.00. The zero-order valence-electron chi connectivity index (χ0n) is 13.3. The van der Waals surface area contributed by atoms with Gasteiger partial charge in [-0.25, -0.2) is 8.78 Å². The topological polar surface area (TPSA) is 49.7 Å². The molecule has 0 fully saturated rings. The first-order valence-electron chi connectivity index (χ1n) is 7.10. The number of aryl methyl sites for hydroxylation is 1. The van der Waals surface area contributed by atoms with Gasteiger partial charge in [0.05, 0.1) is 26.3 Å². The average Bonchev–Trinajstić information content (AvgIpc) is 2.52. The monoisotopic (exact) mass is 327 g/mol. The lowest BCUT2D eigenvalue weighted by Crippen LogP contribution is -2.23. The summed E-state index contributed by atoms with van der Waals surface area (Å²) in [4.78, 5) is 12.2. The van der Waals surface area contributed by atoms with Crippen LogP contribution in [-0.2, 0) is 11.3 Å². The van der Waals surface area contributed by atoms with Crippen LogP contribution >= 0.6 is 0 Å². The molecule has 0 unspecified atom stereocenters. The van der Waals surface area contributed by atoms with E-state index < -0.39 is 13.0 Å². The van der Waals surface area contributed by atoms with Crippen LogP contribution in [0.1, 0.15) is 5.56 Å². The number of fused-ring (bicyclic) bond motifs is 1. The van der Waals surface area contributed by atoms with Crippen molar-refractivity contribution in [2.75, 3.05) is 27.4 Å². The summed E-state index contributed by atoms with van der Waals surface area (Å²) >= 11 is 0. The number of alkyl halides is 2. The summed E-state index contributed by atoms with van der Waals surface area (Å²) in [7, 11) is 3.04. The average molecular weight is 327 g/mol. The number of benzene rings is 1. The molecule has 0 N–H and O–H groups in total. The van der Waals surface area contributed by atoms with Crippen molar-refractivity contribution in [3.63, 3.8) is 0 Å². The Morgan fingerprint density at radius 3 is 2.39 bits per heavy atom. The number of pyridine rings is 1. The van der Waals surface area contributed by atoms with Crippen LogP contribution in [0.25, 0.3) is 10.9 Å². The van der Waals surface area contributed by atoms with Gasteiger partial charge in [0.25, 0.3) is 12.0 Å². The lowest BCUT2D eigenvalue weighted by Gasteiger charge is -2.15. The Labute approximate surface area is 132 Å². The van der Waals surface area contributed by atoms with Crippen molar-refractivity contribution < 1.29 is 23.0 Å². The van der Waals surface area contributed by atoms with Gasteiger partial charge < -0.3 is 18.8 Å². The van der Waals surface area contributed by atoms with Crippen LogP contribution < -0.4 is 15.0 Å². The minimum Gasteiger partial charge on any atom is -0.493 e. The highest BCUT2D eigenvalue weighted by molar-refractivity contribution is 5.86. The lowest BCUT2D eigenvalue weighted by atomic mass is 10.1. The van der Waals surface area contributed by atoms with E-state index in [1.165, 1.54) is 24.9 Å². The highest BCUT2D eigenvalue weighted by Crippen LogP contribution is 2.32. The first-order valence-corrected chi connectivity index (χ1v) is 7.10. The van der Waals surface area contributed by atoms with E-state index in [-0.39, 0.29) is 18.7 Å². The molecule has 0 aliphatic carbocycles. The molecule has 0 bridgehead atoms. The van der Waals surface area contributed by atoms with Crippen molar-refractivity contribution in [3.8, 4) is 11.5 Å². The van der Waals surface area contributed by atoms with Crippen LogP contribution in [0.2, 0.25) is 0 Å². The van der Waals surface area contributed by atoms with Crippen LogP contribution in [0, 0.1) is 6.92 Å². The van der Waals surface area contributed by atoms with E-state index in [1.54, 1.807) is 12.1 Å². The van der Waals surface area contributed by atoms with Crippen molar-refractivity contribution >= 4 is 10.9 Å². The van der Waals surface area contributed by atoms with Gasteiger partial charge in [-0.15, -0.1) is 0 Å². The Bertz CT molecular complexity index is 743. The molecular formula is C16H19F2NO4. The van der Waals surface area contributed by atoms with Crippen molar-refractivity contribution in [3.05, 3.63) is 34.1 Å². The maximum Gasteiger partial charge on any atom is 0.261 e. The molecule has 2 aromatic rings. The molecule has 5 nitrogen and oxygen atoms in total. The van der Waals surface area contributed by atoms with Gasteiger partial charge >= 0.3 is 0 Å². The first kappa shape index (κ1) is 17.2. The number of aromatic nitrogens is 1. The minimum absolute atomic E-state index is 0.0246. The fraction of sp³-hybridized carbons (Fsp3) is 0.438. The molecule has 0 saturated carbocycles. The standard InChI is InChI=1S/C16H19F2NO4/c1-10-6-16(20)19(4-5-23-9-15(17)18)12-8-14(22-3)13(21-2)7-11(10)12/h6-8,15H,4-5,9H2,1-3H3. The van der Waals surface area contributed by atoms with Gasteiger partial charge in [0.1, 0.15) is 6.61 Å². The second kappa shape index (κ2) is 7.41. The van der Waals surface area contributed by atoms with Crippen LogP contribution in [0.4, 0.5) is 8.78 Å². The molecule has 126 valence electrons. The number of hydrogen-bond acceptors (Lipinski definition) is 4. The predicted octanol–water partition coefficient (Wildman–Crippen LogP) is 2.61. The molecule has 1 aromatic heterocycles. The molecule has 1 heterocycles. The van der Waals surface area contributed by atoms with Gasteiger partial charge in [0, 0.05) is 24.1 Å². The second-order valence-electron chi connectivity index (χ2n) is 5.01. The summed E-state index contributed by atoms with van der Waals surface area (Å²) in [5.74, 6) is 1.05. The Morgan fingerprint density at radius 1 is 1.13 bits per heavy atom. The highest BCUT2D eigenvalue weighted by Gasteiger charge is 2.12. The Kier molecular flexibility index (Phi) is 5.54. The fourth-order valence-corrected chi connectivity index (χ4v) is 2.43. The van der Waals surface area contributed by atoms with E-state index >= 15 is 0 Å². The Hall–Kier alpha value is -2.15. The fourth-order valence-electron chi connectivity index (χ4n) is 2.43. The molecule has 0 amide bonds. The van der Waals surface area contributed by atoms with Gasteiger partial charge in [-0.05, 0) is 18.6 Å². The van der Waals surface area contributed by atoms with Crippen molar-refractivity contribution in [1.82, 2.24) is 4.57 Å². The van der Waals surface area contributed by atoms with Crippen molar-refractivity contribution in [2.45, 2.75) is 19.9 Å². The van der Waals surface area contributed by atoms with Crippen LogP contribution in [0.5, 0.6) is 11.5 Å². The maximum absolute atomic E-state index is 12.2. The van der Waals surface area contributed by atoms with Crippen molar-refractivity contribution in [1.29, 1.82) is 0 Å². The second-order valence-corrected chi connectivity index (χ2v) is 5.01. The zero-order chi connectivity index (χ0) is 17.0. The van der Waals surface area contributed by atoms with E-state index in [9.17, 15) is 13.6 Å². The van der Waals surface area contributed by atoms with E-state index in [1.807, 2.05) is 6.92 Å². The Morgan fingerprint density at radius 2 is 1.78 bits per heavy atom. The van der Waals surface area contributed by atoms with Crippen LogP contribution in [0.3, 0.4) is 0 Å². The first-order chi connectivity index (χ1) is 11.0. The number of methoxy groups -OCH3 is 2. The third-order valence-corrected chi connectivity index (χ3v) is 3.53. The molecular weight excluding hydrogens is 308 g/mol. The van der Waals surface area contributed by atoms with Crippen LogP contribution in [0.15, 0.2) is 23.0 Å². The number of ether oxygens (including phenoxy) is 3. The summed E-state index contributed by atoms with van der Waals surface area (Å²) in [5, 5.41) is 0.830. The third-order valence-electron chi connectivity index (χ3n) is 3.53. The molecule has 1 aromatic carbocycles. The number of hydrogen-bond donors (Lipinski definition) is 0. The molecule has 0 spiro atoms. The molecule has 7 heteroatoms. The summed E-state index contributed by atoms with van der Waals surface area (Å²) in [6.07, 6.45) is -2.52. The summed E-state index contributed by atoms with van der Waals surface area (Å²) < 4.78 is 41.1. The quantitative estimate of drug-likeness (QED) is 0.734. The van der Waals surface area contributed by atoms with Gasteiger partial charge in [-0.1, -0.05) is 0 Å². The van der Waals surface area contributed by atoms with Gasteiger partial charge in [-0.2, -0.15) is 0 Å². The number of nitrogens with zero attached hydrogens (tertiary/aromatic N) is 1. The third kappa shape index (κ3) is 3.79. The molecule has 2 rings (SSSR count). The SMILES string of the molecule is COc1cc2c(C)cc(=O)n(CCOCC(F)F)c2cc1OC.